The predicted molar refractivity (Wildman–Crippen MR) is 98.4 cm³/mol. The minimum Gasteiger partial charge on any atom is -0.395 e. The average molecular weight is 375 g/mol. The van der Waals surface area contributed by atoms with Crippen LogP contribution in [-0.4, -0.2) is 29.6 Å². The van der Waals surface area contributed by atoms with Crippen molar-refractivity contribution in [2.45, 2.75) is 6.18 Å². The molecule has 1 aliphatic heterocycles. The van der Waals surface area contributed by atoms with Gasteiger partial charge in [-0.05, 0) is 18.2 Å². The number of hydrogen-bond acceptors (Lipinski definition) is 6. The van der Waals surface area contributed by atoms with E-state index in [9.17, 15) is 13.2 Å². The monoisotopic (exact) mass is 375 g/mol. The molecule has 0 radical (unpaired) electrons. The Bertz CT molecular complexity index is 933. The van der Waals surface area contributed by atoms with Crippen LogP contribution in [0.3, 0.4) is 0 Å². The Kier molecular flexibility index (Phi) is 5.16. The number of pyridine rings is 1. The number of alkyl halides is 3. The van der Waals surface area contributed by atoms with Crippen LogP contribution in [0, 0.1) is 0 Å². The molecule has 1 aromatic carbocycles. The summed E-state index contributed by atoms with van der Waals surface area (Å²) in [5.41, 5.74) is 3.73. The van der Waals surface area contributed by atoms with Gasteiger partial charge in [0, 0.05) is 18.3 Å². The Morgan fingerprint density at radius 2 is 2.07 bits per heavy atom. The number of nitrogens with one attached hydrogen (secondary N) is 3. The topological polar surface area (TPSA) is 81.6 Å². The fraction of sp³-hybridized carbons (Fsp3) is 0.167. The van der Waals surface area contributed by atoms with Crippen LogP contribution in [0.4, 0.5) is 36.2 Å². The Balaban J connectivity index is 2.06. The summed E-state index contributed by atoms with van der Waals surface area (Å²) in [5, 5.41) is 17.7. The van der Waals surface area contributed by atoms with Crippen LogP contribution in [-0.2, 0) is 6.18 Å². The van der Waals surface area contributed by atoms with E-state index in [-0.39, 0.29) is 24.7 Å². The van der Waals surface area contributed by atoms with E-state index in [0.29, 0.717) is 22.8 Å². The van der Waals surface area contributed by atoms with Gasteiger partial charge in [-0.15, -0.1) is 5.73 Å². The maximum atomic E-state index is 13.0. The van der Waals surface area contributed by atoms with Gasteiger partial charge in [-0.1, -0.05) is 12.6 Å². The van der Waals surface area contributed by atoms with Gasteiger partial charge < -0.3 is 21.1 Å². The van der Waals surface area contributed by atoms with Gasteiger partial charge >= 0.3 is 6.18 Å². The molecule has 0 saturated heterocycles. The third-order valence-corrected chi connectivity index (χ3v) is 3.71. The zero-order valence-electron chi connectivity index (χ0n) is 14.1. The van der Waals surface area contributed by atoms with Crippen molar-refractivity contribution in [2.75, 3.05) is 23.8 Å². The minimum absolute atomic E-state index is 0.0994. The molecule has 1 aromatic heterocycles. The fourth-order valence-electron chi connectivity index (χ4n) is 2.53. The van der Waals surface area contributed by atoms with Gasteiger partial charge in [-0.2, -0.15) is 13.2 Å². The number of rotatable bonds is 5. The lowest BCUT2D eigenvalue weighted by Gasteiger charge is -2.20. The molecule has 2 aromatic rings. The Hall–Kier alpha value is -3.29. The SMILES string of the molecule is C=C=C1NC=Nc2cc(NCCO)nc(Nc3cccc(C(F)(F)F)c3)c21. The molecule has 2 heterocycles. The summed E-state index contributed by atoms with van der Waals surface area (Å²) in [6.07, 6.45) is -2.99. The van der Waals surface area contributed by atoms with Crippen LogP contribution in [0.2, 0.25) is 0 Å². The molecule has 4 N–H and O–H groups in total. The molecule has 0 fully saturated rings. The Morgan fingerprint density at radius 3 is 2.78 bits per heavy atom. The quantitative estimate of drug-likeness (QED) is 0.600. The van der Waals surface area contributed by atoms with Gasteiger partial charge in [-0.3, -0.25) is 0 Å². The molecule has 0 spiro atoms. The molecule has 140 valence electrons. The lowest BCUT2D eigenvalue weighted by molar-refractivity contribution is -0.137. The average Bonchev–Trinajstić information content (AvgIpc) is 2.65. The van der Waals surface area contributed by atoms with E-state index < -0.39 is 11.7 Å². The molecule has 27 heavy (non-hydrogen) atoms. The van der Waals surface area contributed by atoms with E-state index in [2.05, 4.69) is 38.2 Å². The van der Waals surface area contributed by atoms with Gasteiger partial charge in [0.1, 0.15) is 11.6 Å². The molecule has 1 aliphatic rings. The maximum absolute atomic E-state index is 13.0. The van der Waals surface area contributed by atoms with Crippen molar-refractivity contribution < 1.29 is 18.3 Å². The van der Waals surface area contributed by atoms with Crippen molar-refractivity contribution in [3.63, 3.8) is 0 Å². The van der Waals surface area contributed by atoms with Crippen molar-refractivity contribution in [1.82, 2.24) is 10.3 Å². The third kappa shape index (κ3) is 4.11. The summed E-state index contributed by atoms with van der Waals surface area (Å²) >= 11 is 0. The zero-order chi connectivity index (χ0) is 19.4. The normalized spacial score (nSPS) is 12.8. The van der Waals surface area contributed by atoms with Crippen molar-refractivity contribution in [3.05, 3.63) is 53.8 Å². The van der Waals surface area contributed by atoms with Crippen LogP contribution in [0.25, 0.3) is 5.70 Å². The van der Waals surface area contributed by atoms with Gasteiger partial charge in [0.05, 0.1) is 35.5 Å². The molecule has 3 rings (SSSR count). The molecule has 6 nitrogen and oxygen atoms in total. The molecule has 0 amide bonds. The number of aliphatic imine (C=N–C) groups is 1. The van der Waals surface area contributed by atoms with Gasteiger partial charge in [-0.25, -0.2) is 9.98 Å². The highest BCUT2D eigenvalue weighted by Crippen LogP contribution is 2.37. The number of benzene rings is 1. The number of fused-ring (bicyclic) bond motifs is 1. The number of nitrogens with zero attached hydrogens (tertiary/aromatic N) is 2. The van der Waals surface area contributed by atoms with Gasteiger partial charge in [0.15, 0.2) is 0 Å². The first kappa shape index (κ1) is 18.5. The summed E-state index contributed by atoms with van der Waals surface area (Å²) in [7, 11) is 0. The summed E-state index contributed by atoms with van der Waals surface area (Å²) in [5.74, 6) is 0.697. The second-order valence-electron chi connectivity index (χ2n) is 5.56. The number of aromatic nitrogens is 1. The molecule has 9 heteroatoms. The van der Waals surface area contributed by atoms with Gasteiger partial charge in [0.25, 0.3) is 0 Å². The first-order valence-electron chi connectivity index (χ1n) is 7.96. The second-order valence-corrected chi connectivity index (χ2v) is 5.56. The van der Waals surface area contributed by atoms with Crippen LogP contribution >= 0.6 is 0 Å². The smallest absolute Gasteiger partial charge is 0.395 e. The Labute approximate surface area is 153 Å². The van der Waals surface area contributed by atoms with Crippen molar-refractivity contribution >= 4 is 35.0 Å². The predicted octanol–water partition coefficient (Wildman–Crippen LogP) is 3.64. The lowest BCUT2D eigenvalue weighted by atomic mass is 10.1. The molecule has 0 bridgehead atoms. The highest BCUT2D eigenvalue weighted by atomic mass is 19.4. The third-order valence-electron chi connectivity index (χ3n) is 3.71. The minimum atomic E-state index is -4.45. The van der Waals surface area contributed by atoms with Crippen LogP contribution in [0.1, 0.15) is 11.1 Å². The maximum Gasteiger partial charge on any atom is 0.416 e. The zero-order valence-corrected chi connectivity index (χ0v) is 14.1. The summed E-state index contributed by atoms with van der Waals surface area (Å²) in [6.45, 7) is 3.78. The van der Waals surface area contributed by atoms with Crippen molar-refractivity contribution in [3.8, 4) is 0 Å². The second kappa shape index (κ2) is 7.53. The number of anilines is 3. The molecular formula is C18H16F3N5O. The first-order chi connectivity index (χ1) is 12.9. The molecule has 0 atom stereocenters. The van der Waals surface area contributed by atoms with Crippen LogP contribution in [0.15, 0.2) is 47.6 Å². The van der Waals surface area contributed by atoms with E-state index in [1.165, 1.54) is 18.5 Å². The number of hydrogen-bond donors (Lipinski definition) is 4. The highest BCUT2D eigenvalue weighted by molar-refractivity contribution is 5.93. The standard InChI is InChI=1S/C18H16F3N5O/c1-2-13-16-14(24-10-23-13)9-15(22-6-7-27)26-17(16)25-12-5-3-4-11(8-12)18(19,20)21/h3-5,8-10,27H,1,6-7H2,(H,23,24)(H2,22,25,26). The van der Waals surface area contributed by atoms with Crippen molar-refractivity contribution in [2.24, 2.45) is 4.99 Å². The number of aliphatic hydroxyl groups is 1. The van der Waals surface area contributed by atoms with E-state index in [1.54, 1.807) is 6.07 Å². The first-order valence-corrected chi connectivity index (χ1v) is 7.96. The largest absolute Gasteiger partial charge is 0.416 e. The summed E-state index contributed by atoms with van der Waals surface area (Å²) in [6, 6.07) is 6.48. The fourth-order valence-corrected chi connectivity index (χ4v) is 2.53. The number of aliphatic hydroxyl groups excluding tert-OH is 1. The van der Waals surface area contributed by atoms with E-state index in [0.717, 1.165) is 12.1 Å². The number of halogens is 3. The van der Waals surface area contributed by atoms with Crippen LogP contribution < -0.4 is 16.0 Å². The van der Waals surface area contributed by atoms with E-state index in [4.69, 9.17) is 5.11 Å². The van der Waals surface area contributed by atoms with Crippen molar-refractivity contribution in [1.29, 1.82) is 0 Å². The summed E-state index contributed by atoms with van der Waals surface area (Å²) < 4.78 is 38.9. The van der Waals surface area contributed by atoms with E-state index >= 15 is 0 Å². The molecule has 0 aliphatic carbocycles. The highest BCUT2D eigenvalue weighted by Gasteiger charge is 2.30. The van der Waals surface area contributed by atoms with E-state index in [1.807, 2.05) is 0 Å². The summed E-state index contributed by atoms with van der Waals surface area (Å²) in [4.78, 5) is 8.62. The molecule has 0 unspecified atom stereocenters. The van der Waals surface area contributed by atoms with Gasteiger partial charge in [0.2, 0.25) is 0 Å². The van der Waals surface area contributed by atoms with Crippen LogP contribution in [0.5, 0.6) is 0 Å². The molecular weight excluding hydrogens is 359 g/mol. The lowest BCUT2D eigenvalue weighted by Crippen LogP contribution is -2.16. The molecule has 0 saturated carbocycles. The Morgan fingerprint density at radius 1 is 1.26 bits per heavy atom.